The number of benzene rings is 2. The Bertz CT molecular complexity index is 880. The van der Waals surface area contributed by atoms with Crippen LogP contribution in [0.3, 0.4) is 0 Å². The standard InChI is InChI=1S/C28H34N2/c1-11-21-13-23(17(3)4)27(24(14-21)18(5)6)29-30-28-25(19(7)8)15-22(12-2)16-26(28)20(9)10/h1-2,13-20H,3-10H3/b30-29+. The maximum atomic E-state index is 5.72. The maximum Gasteiger partial charge on any atom is 0.0927 e. The number of nitrogens with zero attached hydrogens (tertiary/aromatic N) is 2. The van der Waals surface area contributed by atoms with E-state index in [-0.39, 0.29) is 0 Å². The van der Waals surface area contributed by atoms with Gasteiger partial charge < -0.3 is 0 Å². The van der Waals surface area contributed by atoms with E-state index in [0.29, 0.717) is 23.7 Å². The van der Waals surface area contributed by atoms with Crippen molar-refractivity contribution in [3.8, 4) is 24.7 Å². The largest absolute Gasteiger partial charge is 0.150 e. The van der Waals surface area contributed by atoms with Gasteiger partial charge >= 0.3 is 0 Å². The molecule has 0 heterocycles. The van der Waals surface area contributed by atoms with Crippen molar-refractivity contribution in [2.75, 3.05) is 0 Å². The van der Waals surface area contributed by atoms with Gasteiger partial charge in [-0.3, -0.25) is 0 Å². The number of rotatable bonds is 6. The first-order valence-electron chi connectivity index (χ1n) is 10.8. The van der Waals surface area contributed by atoms with Gasteiger partial charge in [0, 0.05) is 11.1 Å². The SMILES string of the molecule is C#Cc1cc(C(C)C)c(/N=N/c2c(C(C)C)cc(C#C)cc2C(C)C)c(C(C)C)c1. The zero-order valence-electron chi connectivity index (χ0n) is 19.7. The van der Waals surface area contributed by atoms with Gasteiger partial charge in [-0.2, -0.15) is 0 Å². The minimum absolute atomic E-state index is 0.294. The Kier molecular flexibility index (Phi) is 7.64. The highest BCUT2D eigenvalue weighted by Gasteiger charge is 2.18. The topological polar surface area (TPSA) is 24.7 Å². The van der Waals surface area contributed by atoms with Crippen molar-refractivity contribution in [2.45, 2.75) is 79.1 Å². The van der Waals surface area contributed by atoms with Crippen molar-refractivity contribution in [1.82, 2.24) is 0 Å². The second-order valence-electron chi connectivity index (χ2n) is 9.11. The molecule has 0 N–H and O–H groups in total. The molecule has 0 amide bonds. The monoisotopic (exact) mass is 398 g/mol. The molecule has 0 aromatic heterocycles. The molecular formula is C28H34N2. The van der Waals surface area contributed by atoms with Gasteiger partial charge in [0.1, 0.15) is 0 Å². The number of terminal acetylenes is 2. The number of hydrogen-bond donors (Lipinski definition) is 0. The molecule has 0 bridgehead atoms. The lowest BCUT2D eigenvalue weighted by molar-refractivity contribution is 0.818. The van der Waals surface area contributed by atoms with Gasteiger partial charge in [0.05, 0.1) is 11.4 Å². The van der Waals surface area contributed by atoms with Crippen LogP contribution in [0, 0.1) is 24.7 Å². The van der Waals surface area contributed by atoms with E-state index in [2.05, 4.69) is 91.5 Å². The molecule has 0 aliphatic rings. The molecule has 0 saturated heterocycles. The molecule has 0 aliphatic carbocycles. The predicted molar refractivity (Wildman–Crippen MR) is 129 cm³/mol. The van der Waals surface area contributed by atoms with Crippen LogP contribution in [-0.2, 0) is 0 Å². The average molecular weight is 399 g/mol. The first-order valence-corrected chi connectivity index (χ1v) is 10.8. The Balaban J connectivity index is 2.79. The van der Waals surface area contributed by atoms with Crippen LogP contribution in [0.1, 0.15) is 112 Å². The summed E-state index contributed by atoms with van der Waals surface area (Å²) in [5.41, 5.74) is 8.20. The Morgan fingerprint density at radius 1 is 0.533 bits per heavy atom. The number of azo groups is 1. The molecule has 0 spiro atoms. The lowest BCUT2D eigenvalue weighted by Crippen LogP contribution is -1.99. The summed E-state index contributed by atoms with van der Waals surface area (Å²) >= 11 is 0. The van der Waals surface area contributed by atoms with Crippen LogP contribution in [0.5, 0.6) is 0 Å². The Morgan fingerprint density at radius 3 is 0.933 bits per heavy atom. The molecule has 30 heavy (non-hydrogen) atoms. The van der Waals surface area contributed by atoms with Gasteiger partial charge in [-0.1, -0.05) is 67.2 Å². The van der Waals surface area contributed by atoms with Crippen molar-refractivity contribution in [3.05, 3.63) is 57.6 Å². The second-order valence-corrected chi connectivity index (χ2v) is 9.11. The van der Waals surface area contributed by atoms with Gasteiger partial charge in [0.2, 0.25) is 0 Å². The van der Waals surface area contributed by atoms with E-state index in [0.717, 1.165) is 44.8 Å². The Hall–Kier alpha value is -2.84. The van der Waals surface area contributed by atoms with Crippen LogP contribution in [-0.4, -0.2) is 0 Å². The predicted octanol–water partition coefficient (Wildman–Crippen LogP) is 8.56. The average Bonchev–Trinajstić information content (AvgIpc) is 2.70. The third kappa shape index (κ3) is 5.01. The minimum Gasteiger partial charge on any atom is -0.150 e. The van der Waals surface area contributed by atoms with Gasteiger partial charge in [-0.05, 0) is 70.2 Å². The molecule has 0 radical (unpaired) electrons. The van der Waals surface area contributed by atoms with Crippen LogP contribution < -0.4 is 0 Å². The van der Waals surface area contributed by atoms with Crippen molar-refractivity contribution in [3.63, 3.8) is 0 Å². The summed E-state index contributed by atoms with van der Waals surface area (Å²) in [6.07, 6.45) is 11.4. The Morgan fingerprint density at radius 2 is 0.767 bits per heavy atom. The van der Waals surface area contributed by atoms with Gasteiger partial charge in [-0.15, -0.1) is 23.1 Å². The number of hydrogen-bond acceptors (Lipinski definition) is 2. The van der Waals surface area contributed by atoms with Gasteiger partial charge in [0.25, 0.3) is 0 Å². The fourth-order valence-corrected chi connectivity index (χ4v) is 3.62. The molecule has 0 atom stereocenters. The van der Waals surface area contributed by atoms with Crippen molar-refractivity contribution in [1.29, 1.82) is 0 Å². The summed E-state index contributed by atoms with van der Waals surface area (Å²) in [7, 11) is 0. The van der Waals surface area contributed by atoms with Crippen molar-refractivity contribution >= 4 is 11.4 Å². The molecule has 0 unspecified atom stereocenters. The van der Waals surface area contributed by atoms with E-state index in [1.165, 1.54) is 0 Å². The van der Waals surface area contributed by atoms with Crippen LogP contribution in [0.25, 0.3) is 0 Å². The zero-order chi connectivity index (χ0) is 22.6. The van der Waals surface area contributed by atoms with E-state index in [9.17, 15) is 0 Å². The normalized spacial score (nSPS) is 11.7. The molecule has 2 heteroatoms. The summed E-state index contributed by atoms with van der Waals surface area (Å²) in [4.78, 5) is 0. The molecule has 0 saturated carbocycles. The van der Waals surface area contributed by atoms with Gasteiger partial charge in [0.15, 0.2) is 0 Å². The molecule has 2 aromatic rings. The maximum absolute atomic E-state index is 5.72. The summed E-state index contributed by atoms with van der Waals surface area (Å²) in [6, 6.07) is 8.27. The third-order valence-electron chi connectivity index (χ3n) is 5.41. The highest BCUT2D eigenvalue weighted by Crippen LogP contribution is 2.40. The fourth-order valence-electron chi connectivity index (χ4n) is 3.62. The van der Waals surface area contributed by atoms with E-state index in [4.69, 9.17) is 23.1 Å². The molecule has 0 fully saturated rings. The molecular weight excluding hydrogens is 364 g/mol. The zero-order valence-corrected chi connectivity index (χ0v) is 19.7. The summed E-state index contributed by atoms with van der Waals surface area (Å²) in [5, 5.41) is 9.68. The first-order chi connectivity index (χ1) is 14.1. The lowest BCUT2D eigenvalue weighted by Gasteiger charge is -2.19. The third-order valence-corrected chi connectivity index (χ3v) is 5.41. The van der Waals surface area contributed by atoms with Crippen LogP contribution in [0.4, 0.5) is 11.4 Å². The van der Waals surface area contributed by atoms with Crippen molar-refractivity contribution in [2.24, 2.45) is 10.2 Å². The molecule has 2 aromatic carbocycles. The highest BCUT2D eigenvalue weighted by molar-refractivity contribution is 5.62. The summed E-state index contributed by atoms with van der Waals surface area (Å²) in [6.45, 7) is 17.3. The molecule has 2 rings (SSSR count). The highest BCUT2D eigenvalue weighted by atomic mass is 15.1. The van der Waals surface area contributed by atoms with E-state index >= 15 is 0 Å². The van der Waals surface area contributed by atoms with Crippen LogP contribution in [0.2, 0.25) is 0 Å². The lowest BCUT2D eigenvalue weighted by atomic mass is 9.90. The Labute approximate surface area is 183 Å². The second kappa shape index (κ2) is 9.77. The van der Waals surface area contributed by atoms with Gasteiger partial charge in [-0.25, -0.2) is 0 Å². The van der Waals surface area contributed by atoms with E-state index in [1.54, 1.807) is 0 Å². The minimum atomic E-state index is 0.294. The summed E-state index contributed by atoms with van der Waals surface area (Å²) in [5.74, 6) is 6.75. The molecule has 2 nitrogen and oxygen atoms in total. The quantitative estimate of drug-likeness (QED) is 0.344. The fraction of sp³-hybridized carbons (Fsp3) is 0.429. The van der Waals surface area contributed by atoms with E-state index < -0.39 is 0 Å². The van der Waals surface area contributed by atoms with Crippen LogP contribution >= 0.6 is 0 Å². The van der Waals surface area contributed by atoms with Crippen LogP contribution in [0.15, 0.2) is 34.5 Å². The first kappa shape index (κ1) is 23.4. The molecule has 0 aliphatic heterocycles. The van der Waals surface area contributed by atoms with E-state index in [1.807, 2.05) is 0 Å². The van der Waals surface area contributed by atoms with Crippen molar-refractivity contribution < 1.29 is 0 Å². The molecule has 156 valence electrons. The smallest absolute Gasteiger partial charge is 0.0927 e. The summed E-state index contributed by atoms with van der Waals surface area (Å²) < 4.78 is 0.